The quantitative estimate of drug-likeness (QED) is 0.542. The summed E-state index contributed by atoms with van der Waals surface area (Å²) >= 11 is 1.66. The van der Waals surface area contributed by atoms with Crippen LogP contribution in [0.3, 0.4) is 0 Å². The van der Waals surface area contributed by atoms with Crippen molar-refractivity contribution in [1.29, 1.82) is 0 Å². The van der Waals surface area contributed by atoms with Gasteiger partial charge in [-0.25, -0.2) is 9.98 Å². The molecule has 0 saturated heterocycles. The smallest absolute Gasteiger partial charge is 0.191 e. The first kappa shape index (κ1) is 19.5. The van der Waals surface area contributed by atoms with Gasteiger partial charge in [-0.2, -0.15) is 0 Å². The van der Waals surface area contributed by atoms with Crippen molar-refractivity contribution in [2.45, 2.75) is 53.7 Å². The third-order valence-corrected chi connectivity index (χ3v) is 5.07. The van der Waals surface area contributed by atoms with E-state index in [0.717, 1.165) is 34.3 Å². The van der Waals surface area contributed by atoms with E-state index in [1.54, 1.807) is 18.3 Å². The topological polar surface area (TPSA) is 82.7 Å². The first-order valence-corrected chi connectivity index (χ1v) is 9.29. The van der Waals surface area contributed by atoms with E-state index >= 15 is 0 Å². The van der Waals surface area contributed by atoms with Gasteiger partial charge in [-0.3, -0.25) is 0 Å². The molecule has 0 bridgehead atoms. The van der Waals surface area contributed by atoms with Gasteiger partial charge in [0.15, 0.2) is 5.96 Å². The van der Waals surface area contributed by atoms with Crippen LogP contribution in [-0.2, 0) is 12.1 Å². The zero-order valence-electron chi connectivity index (χ0n) is 15.9. The number of aliphatic imine (C=N–C) groups is 1. The third kappa shape index (κ3) is 5.06. The molecule has 0 amide bonds. The number of hydrogen-bond donors (Lipinski definition) is 3. The van der Waals surface area contributed by atoms with Gasteiger partial charge >= 0.3 is 0 Å². The second-order valence-corrected chi connectivity index (χ2v) is 7.69. The van der Waals surface area contributed by atoms with E-state index < -0.39 is 5.60 Å². The molecular formula is C18H28N4O2S. The molecule has 2 aromatic rings. The number of furan rings is 1. The molecule has 0 fully saturated rings. The molecule has 1 unspecified atom stereocenters. The lowest BCUT2D eigenvalue weighted by Gasteiger charge is -2.24. The summed E-state index contributed by atoms with van der Waals surface area (Å²) in [5.41, 5.74) is 0.799. The largest absolute Gasteiger partial charge is 0.466 e. The molecule has 0 aromatic carbocycles. The standard InChI is InChI=1S/C18H28N4O2S/c1-7-19-17(20-9-16-22-12(3)14(5)25-16)21-10-18(6,23)15-8-11(2)24-13(15)4/h8,23H,7,9-10H2,1-6H3,(H2,19,20,21). The molecule has 0 aliphatic carbocycles. The van der Waals surface area contributed by atoms with Gasteiger partial charge in [0.25, 0.3) is 0 Å². The molecule has 0 aliphatic heterocycles. The Labute approximate surface area is 153 Å². The van der Waals surface area contributed by atoms with E-state index in [1.165, 1.54) is 4.88 Å². The van der Waals surface area contributed by atoms with Crippen LogP contribution in [0.1, 0.15) is 46.5 Å². The van der Waals surface area contributed by atoms with Gasteiger partial charge in [0, 0.05) is 17.0 Å². The van der Waals surface area contributed by atoms with Crippen LogP contribution >= 0.6 is 11.3 Å². The molecule has 138 valence electrons. The monoisotopic (exact) mass is 364 g/mol. The number of nitrogens with zero attached hydrogens (tertiary/aromatic N) is 2. The predicted molar refractivity (Wildman–Crippen MR) is 102 cm³/mol. The first-order valence-electron chi connectivity index (χ1n) is 8.48. The van der Waals surface area contributed by atoms with Crippen LogP contribution in [0, 0.1) is 27.7 Å². The lowest BCUT2D eigenvalue weighted by Crippen LogP contribution is -2.44. The number of rotatable bonds is 6. The van der Waals surface area contributed by atoms with Crippen molar-refractivity contribution in [1.82, 2.24) is 15.6 Å². The van der Waals surface area contributed by atoms with Crippen LogP contribution in [0.5, 0.6) is 0 Å². The average Bonchev–Trinajstić information content (AvgIpc) is 3.04. The molecule has 2 rings (SSSR count). The normalized spacial score (nSPS) is 14.4. The van der Waals surface area contributed by atoms with Crippen LogP contribution in [0.2, 0.25) is 0 Å². The van der Waals surface area contributed by atoms with Crippen molar-refractivity contribution in [3.05, 3.63) is 38.7 Å². The van der Waals surface area contributed by atoms with Crippen molar-refractivity contribution < 1.29 is 9.52 Å². The highest BCUT2D eigenvalue weighted by Crippen LogP contribution is 2.26. The molecule has 2 aromatic heterocycles. The number of thiazole rings is 1. The molecule has 0 saturated carbocycles. The van der Waals surface area contributed by atoms with Gasteiger partial charge in [-0.1, -0.05) is 0 Å². The molecule has 0 spiro atoms. The average molecular weight is 365 g/mol. The molecule has 3 N–H and O–H groups in total. The molecule has 7 heteroatoms. The number of aromatic nitrogens is 1. The Bertz CT molecular complexity index is 727. The van der Waals surface area contributed by atoms with Crippen molar-refractivity contribution in [2.75, 3.05) is 13.1 Å². The minimum atomic E-state index is -1.05. The summed E-state index contributed by atoms with van der Waals surface area (Å²) in [6.45, 7) is 13.2. The van der Waals surface area contributed by atoms with Gasteiger partial charge in [-0.15, -0.1) is 11.3 Å². The van der Waals surface area contributed by atoms with Gasteiger partial charge in [0.1, 0.15) is 22.1 Å². The van der Waals surface area contributed by atoms with E-state index in [1.807, 2.05) is 33.8 Å². The molecule has 0 radical (unpaired) electrons. The maximum Gasteiger partial charge on any atom is 0.191 e. The molecular weight excluding hydrogens is 336 g/mol. The second-order valence-electron chi connectivity index (χ2n) is 6.40. The summed E-state index contributed by atoms with van der Waals surface area (Å²) in [6.07, 6.45) is 0. The summed E-state index contributed by atoms with van der Waals surface area (Å²) in [6, 6.07) is 1.88. The van der Waals surface area contributed by atoms with Crippen LogP contribution in [0.25, 0.3) is 0 Å². The zero-order chi connectivity index (χ0) is 18.6. The van der Waals surface area contributed by atoms with Crippen LogP contribution in [0.15, 0.2) is 15.5 Å². The fourth-order valence-electron chi connectivity index (χ4n) is 2.61. The highest BCUT2D eigenvalue weighted by atomic mass is 32.1. The molecule has 1 atom stereocenters. The van der Waals surface area contributed by atoms with Gasteiger partial charge < -0.3 is 20.2 Å². The number of aliphatic hydroxyl groups is 1. The summed E-state index contributed by atoms with van der Waals surface area (Å²) < 4.78 is 5.53. The van der Waals surface area contributed by atoms with Crippen molar-refractivity contribution in [3.8, 4) is 0 Å². The van der Waals surface area contributed by atoms with Crippen molar-refractivity contribution >= 4 is 17.3 Å². The second kappa shape index (κ2) is 8.01. The highest BCUT2D eigenvalue weighted by molar-refractivity contribution is 7.11. The zero-order valence-corrected chi connectivity index (χ0v) is 16.7. The highest BCUT2D eigenvalue weighted by Gasteiger charge is 2.27. The third-order valence-electron chi connectivity index (χ3n) is 4.01. The molecule has 2 heterocycles. The summed E-state index contributed by atoms with van der Waals surface area (Å²) in [4.78, 5) is 10.3. The Kier molecular flexibility index (Phi) is 6.24. The minimum Gasteiger partial charge on any atom is -0.466 e. The molecule has 6 nitrogen and oxygen atoms in total. The summed E-state index contributed by atoms with van der Waals surface area (Å²) in [5, 5.41) is 18.2. The maximum absolute atomic E-state index is 10.8. The lowest BCUT2D eigenvalue weighted by molar-refractivity contribution is 0.0601. The van der Waals surface area contributed by atoms with Crippen LogP contribution in [-0.4, -0.2) is 29.1 Å². The lowest BCUT2D eigenvalue weighted by atomic mass is 9.96. The van der Waals surface area contributed by atoms with Crippen LogP contribution < -0.4 is 10.6 Å². The SMILES string of the molecule is CCNC(=NCc1nc(C)c(C)s1)NCC(C)(O)c1cc(C)oc1C. The number of nitrogens with one attached hydrogen (secondary N) is 2. The Morgan fingerprint density at radius 2 is 2.04 bits per heavy atom. The maximum atomic E-state index is 10.8. The van der Waals surface area contributed by atoms with E-state index in [4.69, 9.17) is 4.42 Å². The van der Waals surface area contributed by atoms with Gasteiger partial charge in [0.05, 0.1) is 18.8 Å². The fraction of sp³-hybridized carbons (Fsp3) is 0.556. The first-order chi connectivity index (χ1) is 11.7. The minimum absolute atomic E-state index is 0.328. The Morgan fingerprint density at radius 3 is 2.56 bits per heavy atom. The number of hydrogen-bond acceptors (Lipinski definition) is 5. The molecule has 0 aliphatic rings. The number of aryl methyl sites for hydroxylation is 4. The Balaban J connectivity index is 2.05. The van der Waals surface area contributed by atoms with Gasteiger partial charge in [0.2, 0.25) is 0 Å². The van der Waals surface area contributed by atoms with E-state index in [0.29, 0.717) is 19.0 Å². The number of guanidine groups is 1. The van der Waals surface area contributed by atoms with Gasteiger partial charge in [-0.05, 0) is 47.6 Å². The summed E-state index contributed by atoms with van der Waals surface area (Å²) in [7, 11) is 0. The van der Waals surface area contributed by atoms with Crippen molar-refractivity contribution in [3.63, 3.8) is 0 Å². The summed E-state index contributed by atoms with van der Waals surface area (Å²) in [5.74, 6) is 2.19. The predicted octanol–water partition coefficient (Wildman–Crippen LogP) is 2.93. The van der Waals surface area contributed by atoms with E-state index in [-0.39, 0.29) is 0 Å². The Morgan fingerprint density at radius 1 is 1.32 bits per heavy atom. The van der Waals surface area contributed by atoms with Crippen LogP contribution in [0.4, 0.5) is 0 Å². The van der Waals surface area contributed by atoms with E-state index in [2.05, 4.69) is 27.5 Å². The fourth-order valence-corrected chi connectivity index (χ4v) is 3.47. The van der Waals surface area contributed by atoms with E-state index in [9.17, 15) is 5.11 Å². The van der Waals surface area contributed by atoms with Crippen molar-refractivity contribution in [2.24, 2.45) is 4.99 Å². The Hall–Kier alpha value is -1.86. The molecule has 25 heavy (non-hydrogen) atoms.